The third-order valence-electron chi connectivity index (χ3n) is 7.06. The Hall–Kier alpha value is -4.06. The second-order valence-electron chi connectivity index (χ2n) is 9.59. The molecule has 6 nitrogen and oxygen atoms in total. The quantitative estimate of drug-likeness (QED) is 0.244. The van der Waals surface area contributed by atoms with E-state index < -0.39 is 11.3 Å². The lowest BCUT2D eigenvalue weighted by molar-refractivity contribution is 0.291. The first kappa shape index (κ1) is 23.7. The second-order valence-corrected chi connectivity index (χ2v) is 9.59. The minimum Gasteiger partial charge on any atom is -0.496 e. The van der Waals surface area contributed by atoms with E-state index in [9.17, 15) is 9.59 Å². The average molecular weight is 485 g/mol. The van der Waals surface area contributed by atoms with Crippen LogP contribution in [0.5, 0.6) is 11.5 Å². The van der Waals surface area contributed by atoms with Crippen LogP contribution in [-0.4, -0.2) is 14.2 Å². The maximum absolute atomic E-state index is 12.2. The summed E-state index contributed by atoms with van der Waals surface area (Å²) in [4.78, 5) is 24.2. The molecular weight excluding hydrogens is 456 g/mol. The van der Waals surface area contributed by atoms with Crippen molar-refractivity contribution in [1.29, 1.82) is 0 Å². The fourth-order valence-electron chi connectivity index (χ4n) is 5.36. The summed E-state index contributed by atoms with van der Waals surface area (Å²) in [5.41, 5.74) is 1.33. The van der Waals surface area contributed by atoms with E-state index in [1.807, 2.05) is 30.3 Å². The Bertz CT molecular complexity index is 1620. The Morgan fingerprint density at radius 3 is 2.08 bits per heavy atom. The monoisotopic (exact) mass is 484 g/mol. The second kappa shape index (κ2) is 9.19. The van der Waals surface area contributed by atoms with Gasteiger partial charge in [0.15, 0.2) is 0 Å². The van der Waals surface area contributed by atoms with Crippen molar-refractivity contribution in [3.05, 3.63) is 98.7 Å². The van der Waals surface area contributed by atoms with E-state index in [0.717, 1.165) is 22.8 Å². The number of hydrogen-bond donors (Lipinski definition) is 0. The van der Waals surface area contributed by atoms with Gasteiger partial charge in [0.2, 0.25) is 0 Å². The standard InChI is InChI=1S/C30H28O6/c1-18-5-10-22(27-24(34-4)12-7-20-9-14-26(32)36-29(20)27)30(2,17-18)16-15-21-23(33-3)11-6-19-8-13-25(31)35-28(19)21/h5-16,18,22H,17H2,1-4H3. The minimum atomic E-state index is -0.417. The maximum Gasteiger partial charge on any atom is 0.336 e. The number of rotatable bonds is 5. The van der Waals surface area contributed by atoms with Crippen LogP contribution in [0.2, 0.25) is 0 Å². The molecular formula is C30H28O6. The van der Waals surface area contributed by atoms with Crippen molar-refractivity contribution in [2.24, 2.45) is 11.3 Å². The zero-order chi connectivity index (χ0) is 25.4. The molecule has 2 aromatic carbocycles. The molecule has 184 valence electrons. The Morgan fingerprint density at radius 2 is 1.42 bits per heavy atom. The van der Waals surface area contributed by atoms with E-state index in [0.29, 0.717) is 34.1 Å². The van der Waals surface area contributed by atoms with Gasteiger partial charge in [0.25, 0.3) is 0 Å². The van der Waals surface area contributed by atoms with Gasteiger partial charge in [-0.05, 0) is 54.2 Å². The number of fused-ring (bicyclic) bond motifs is 2. The molecule has 4 aromatic rings. The fraction of sp³-hybridized carbons (Fsp3) is 0.267. The largest absolute Gasteiger partial charge is 0.496 e. The zero-order valence-electron chi connectivity index (χ0n) is 20.7. The van der Waals surface area contributed by atoms with Gasteiger partial charge in [-0.15, -0.1) is 0 Å². The topological polar surface area (TPSA) is 78.9 Å². The molecule has 5 rings (SSSR count). The molecule has 0 radical (unpaired) electrons. The number of ether oxygens (including phenoxy) is 2. The van der Waals surface area contributed by atoms with E-state index in [1.165, 1.54) is 12.1 Å². The van der Waals surface area contributed by atoms with Gasteiger partial charge >= 0.3 is 11.3 Å². The average Bonchev–Trinajstić information content (AvgIpc) is 2.86. The molecule has 0 N–H and O–H groups in total. The summed E-state index contributed by atoms with van der Waals surface area (Å²) in [5, 5.41) is 1.65. The van der Waals surface area contributed by atoms with Crippen molar-refractivity contribution in [3.8, 4) is 11.5 Å². The summed E-state index contributed by atoms with van der Waals surface area (Å²) in [6, 6.07) is 13.9. The Morgan fingerprint density at radius 1 is 0.833 bits per heavy atom. The Labute approximate surface area is 208 Å². The molecule has 6 heteroatoms. The van der Waals surface area contributed by atoms with E-state index in [4.69, 9.17) is 18.3 Å². The number of methoxy groups -OCH3 is 2. The lowest BCUT2D eigenvalue weighted by atomic mass is 9.64. The fourth-order valence-corrected chi connectivity index (χ4v) is 5.36. The Kier molecular flexibility index (Phi) is 6.04. The third kappa shape index (κ3) is 4.13. The summed E-state index contributed by atoms with van der Waals surface area (Å²) in [6.45, 7) is 4.36. The normalized spacial score (nSPS) is 21.9. The molecule has 0 aliphatic heterocycles. The zero-order valence-corrected chi connectivity index (χ0v) is 20.7. The molecule has 0 saturated heterocycles. The van der Waals surface area contributed by atoms with Gasteiger partial charge in [0.1, 0.15) is 22.7 Å². The molecule has 0 fully saturated rings. The molecule has 3 unspecified atom stereocenters. The number of benzene rings is 2. The minimum absolute atomic E-state index is 0.137. The van der Waals surface area contributed by atoms with Gasteiger partial charge in [-0.3, -0.25) is 0 Å². The van der Waals surface area contributed by atoms with Gasteiger partial charge < -0.3 is 18.3 Å². The van der Waals surface area contributed by atoms with E-state index in [-0.39, 0.29) is 11.3 Å². The van der Waals surface area contributed by atoms with Crippen LogP contribution >= 0.6 is 0 Å². The highest BCUT2D eigenvalue weighted by atomic mass is 16.5. The molecule has 0 amide bonds. The lowest BCUT2D eigenvalue weighted by Gasteiger charge is -2.39. The van der Waals surface area contributed by atoms with Gasteiger partial charge in [0, 0.05) is 34.4 Å². The molecule has 0 saturated carbocycles. The van der Waals surface area contributed by atoms with Crippen molar-refractivity contribution in [3.63, 3.8) is 0 Å². The predicted octanol–water partition coefficient (Wildman–Crippen LogP) is 6.32. The molecule has 0 bridgehead atoms. The van der Waals surface area contributed by atoms with Crippen LogP contribution in [0.1, 0.15) is 37.3 Å². The van der Waals surface area contributed by atoms with Crippen LogP contribution in [0.15, 0.2) is 85.2 Å². The van der Waals surface area contributed by atoms with E-state index in [2.05, 4.69) is 32.1 Å². The van der Waals surface area contributed by atoms with Crippen molar-refractivity contribution in [1.82, 2.24) is 0 Å². The highest BCUT2D eigenvalue weighted by molar-refractivity contribution is 5.88. The molecule has 3 atom stereocenters. The van der Waals surface area contributed by atoms with Gasteiger partial charge in [0.05, 0.1) is 19.8 Å². The summed E-state index contributed by atoms with van der Waals surface area (Å²) in [5.74, 6) is 1.47. The lowest BCUT2D eigenvalue weighted by Crippen LogP contribution is -2.28. The first-order valence-corrected chi connectivity index (χ1v) is 11.9. The smallest absolute Gasteiger partial charge is 0.336 e. The van der Waals surface area contributed by atoms with Crippen LogP contribution in [0.3, 0.4) is 0 Å². The Balaban J connectivity index is 1.71. The van der Waals surface area contributed by atoms with Crippen LogP contribution in [0, 0.1) is 11.3 Å². The number of allylic oxidation sites excluding steroid dienone is 3. The van der Waals surface area contributed by atoms with E-state index in [1.54, 1.807) is 26.4 Å². The number of hydrogen-bond acceptors (Lipinski definition) is 6. The molecule has 2 heterocycles. The van der Waals surface area contributed by atoms with Crippen molar-refractivity contribution in [2.45, 2.75) is 26.2 Å². The van der Waals surface area contributed by atoms with Crippen LogP contribution in [-0.2, 0) is 0 Å². The first-order chi connectivity index (χ1) is 17.3. The van der Waals surface area contributed by atoms with Crippen molar-refractivity contribution < 1.29 is 18.3 Å². The van der Waals surface area contributed by atoms with Crippen LogP contribution in [0.25, 0.3) is 28.0 Å². The van der Waals surface area contributed by atoms with Crippen LogP contribution < -0.4 is 20.7 Å². The first-order valence-electron chi connectivity index (χ1n) is 11.9. The van der Waals surface area contributed by atoms with Crippen LogP contribution in [0.4, 0.5) is 0 Å². The summed E-state index contributed by atoms with van der Waals surface area (Å²) in [7, 11) is 3.22. The highest BCUT2D eigenvalue weighted by Crippen LogP contribution is 2.51. The molecule has 1 aliphatic rings. The van der Waals surface area contributed by atoms with Gasteiger partial charge in [-0.2, -0.15) is 0 Å². The summed E-state index contributed by atoms with van der Waals surface area (Å²) < 4.78 is 22.6. The van der Waals surface area contributed by atoms with Gasteiger partial charge in [-0.1, -0.05) is 38.2 Å². The van der Waals surface area contributed by atoms with Gasteiger partial charge in [-0.25, -0.2) is 9.59 Å². The molecule has 1 aliphatic carbocycles. The molecule has 0 spiro atoms. The highest BCUT2D eigenvalue weighted by Gasteiger charge is 2.38. The summed E-state index contributed by atoms with van der Waals surface area (Å²) in [6.07, 6.45) is 9.32. The predicted molar refractivity (Wildman–Crippen MR) is 141 cm³/mol. The summed E-state index contributed by atoms with van der Waals surface area (Å²) >= 11 is 0. The van der Waals surface area contributed by atoms with Crippen molar-refractivity contribution >= 4 is 28.0 Å². The van der Waals surface area contributed by atoms with Crippen molar-refractivity contribution in [2.75, 3.05) is 14.2 Å². The molecule has 36 heavy (non-hydrogen) atoms. The third-order valence-corrected chi connectivity index (χ3v) is 7.06. The maximum atomic E-state index is 12.2. The molecule has 2 aromatic heterocycles. The SMILES string of the molecule is COc1ccc2ccc(=O)oc2c1C=CC1(C)CC(C)C=CC1c1c(OC)ccc2ccc(=O)oc12. The van der Waals surface area contributed by atoms with E-state index >= 15 is 0 Å².